The van der Waals surface area contributed by atoms with Gasteiger partial charge in [0.1, 0.15) is 5.75 Å². The van der Waals surface area contributed by atoms with Gasteiger partial charge in [-0.25, -0.2) is 0 Å². The van der Waals surface area contributed by atoms with E-state index in [0.29, 0.717) is 38.1 Å². The number of benzene rings is 3. The highest BCUT2D eigenvalue weighted by Gasteiger charge is 2.66. The van der Waals surface area contributed by atoms with Crippen molar-refractivity contribution in [2.75, 3.05) is 36.2 Å². The van der Waals surface area contributed by atoms with E-state index in [-0.39, 0.29) is 43.0 Å². The van der Waals surface area contributed by atoms with Gasteiger partial charge >= 0.3 is 0 Å². The summed E-state index contributed by atoms with van der Waals surface area (Å²) < 4.78 is 13.4. The minimum absolute atomic E-state index is 0.0702. The number of nitrogens with zero attached hydrogens (tertiary/aromatic N) is 2. The third-order valence-electron chi connectivity index (χ3n) is 10.4. The second-order valence-corrected chi connectivity index (χ2v) is 19.0. The molecule has 12 heteroatoms. The number of anilines is 3. The smallest absolute Gasteiger partial charge is 0.264 e. The van der Waals surface area contributed by atoms with Gasteiger partial charge in [-0.05, 0) is 112 Å². The first-order valence-corrected chi connectivity index (χ1v) is 21.4. The van der Waals surface area contributed by atoms with Crippen molar-refractivity contribution in [1.29, 1.82) is 0 Å². The summed E-state index contributed by atoms with van der Waals surface area (Å²) in [5.41, 5.74) is 3.25. The zero-order chi connectivity index (χ0) is 35.8. The van der Waals surface area contributed by atoms with Crippen LogP contribution in [-0.4, -0.2) is 73.7 Å². The lowest BCUT2D eigenvalue weighted by Gasteiger charge is -2.35. The number of nitrogens with one attached hydrogen (secondary N) is 1. The van der Waals surface area contributed by atoms with Crippen molar-refractivity contribution >= 4 is 53.1 Å². The molecule has 0 aromatic heterocycles. The molecule has 1 spiro atoms. The maximum atomic E-state index is 14.8. The number of halogens is 1. The number of carbonyl (C=O) groups is 2. The van der Waals surface area contributed by atoms with Crippen LogP contribution < -0.4 is 19.9 Å². The fraction of sp³-hybridized carbons (Fsp3) is 0.474. The first-order chi connectivity index (χ1) is 23.9. The summed E-state index contributed by atoms with van der Waals surface area (Å²) in [4.78, 5) is 43.8. The number of aliphatic hydroxyl groups excluding tert-OH is 2. The van der Waals surface area contributed by atoms with E-state index in [2.05, 4.69) is 21.2 Å². The summed E-state index contributed by atoms with van der Waals surface area (Å²) in [6.07, 6.45) is 1.81. The molecule has 1 fully saturated rings. The van der Waals surface area contributed by atoms with Gasteiger partial charge in [-0.3, -0.25) is 14.5 Å². The normalized spacial score (nSPS) is 24.6. The van der Waals surface area contributed by atoms with Crippen LogP contribution in [0.1, 0.15) is 49.8 Å². The van der Waals surface area contributed by atoms with Crippen LogP contribution in [0.5, 0.6) is 5.75 Å². The fourth-order valence-electron chi connectivity index (χ4n) is 8.30. The van der Waals surface area contributed by atoms with E-state index in [9.17, 15) is 24.6 Å². The maximum absolute atomic E-state index is 14.8. The van der Waals surface area contributed by atoms with Gasteiger partial charge in [0.25, 0.3) is 5.91 Å². The highest BCUT2D eigenvalue weighted by atomic mass is 79.9. The van der Waals surface area contributed by atoms with Crippen molar-refractivity contribution in [2.45, 2.75) is 82.5 Å². The van der Waals surface area contributed by atoms with Crippen molar-refractivity contribution in [2.24, 2.45) is 5.92 Å². The first kappa shape index (κ1) is 36.7. The van der Waals surface area contributed by atoms with Crippen LogP contribution in [0.25, 0.3) is 0 Å². The predicted molar refractivity (Wildman–Crippen MR) is 199 cm³/mol. The van der Waals surface area contributed by atoms with Gasteiger partial charge in [0.2, 0.25) is 5.91 Å². The van der Waals surface area contributed by atoms with Gasteiger partial charge in [-0.2, -0.15) is 0 Å². The number of carbonyl (C=O) groups excluding carboxylic acids is 2. The summed E-state index contributed by atoms with van der Waals surface area (Å²) in [6.45, 7) is 9.07. The SMILES string of the molecule is CCOc1ccc2c(c1)CC(NCCCCO)C(=O)N2c1cccc(CN2C(=O)[C@@]3(O[C@@H](CCO)[C@H]([Si](C)(C)O)[C@H]3C)c3cc(Br)ccc32)c1. The molecule has 3 aromatic rings. The van der Waals surface area contributed by atoms with Gasteiger partial charge in [0.15, 0.2) is 13.9 Å². The van der Waals surface area contributed by atoms with E-state index in [1.165, 1.54) is 0 Å². The van der Waals surface area contributed by atoms with E-state index >= 15 is 0 Å². The van der Waals surface area contributed by atoms with Crippen LogP contribution in [0.15, 0.2) is 65.1 Å². The standard InChI is InChI=1S/C38H48BrN3O7Si/c1-5-48-29-12-14-32-26(20-29)21-31(40-16-6-7-17-43)36(45)42(32)28-10-8-9-25(19-28)23-41-33-13-11-27(39)22-30(33)38(37(41)46)24(2)35(50(3,4)47)34(49-38)15-18-44/h8-14,19-20,22,24,31,34-35,40,43-44,47H,5-7,15-18,21,23H2,1-4H3/t24-,31?,34+,35-,38+/m1/s1. The number of fused-ring (bicyclic) bond motifs is 3. The molecular weight excluding hydrogens is 718 g/mol. The molecule has 5 atom stereocenters. The molecule has 10 nitrogen and oxygen atoms in total. The van der Waals surface area contributed by atoms with Crippen molar-refractivity contribution in [3.8, 4) is 5.75 Å². The van der Waals surface area contributed by atoms with Crippen LogP contribution in [0.3, 0.4) is 0 Å². The molecule has 50 heavy (non-hydrogen) atoms. The topological polar surface area (TPSA) is 132 Å². The molecule has 3 heterocycles. The maximum Gasteiger partial charge on any atom is 0.264 e. The van der Waals surface area contributed by atoms with Crippen molar-refractivity contribution in [3.05, 3.63) is 81.8 Å². The Hall–Kier alpha value is -3.10. The predicted octanol–water partition coefficient (Wildman–Crippen LogP) is 5.53. The molecule has 3 aliphatic rings. The average Bonchev–Trinajstić information content (AvgIpc) is 3.49. The van der Waals surface area contributed by atoms with Crippen molar-refractivity contribution in [3.63, 3.8) is 0 Å². The largest absolute Gasteiger partial charge is 0.494 e. The molecular formula is C38H48BrN3O7Si. The molecule has 1 saturated heterocycles. The second-order valence-electron chi connectivity index (χ2n) is 14.1. The molecule has 2 amide bonds. The molecule has 268 valence electrons. The van der Waals surface area contributed by atoms with Crippen molar-refractivity contribution < 1.29 is 34.1 Å². The van der Waals surface area contributed by atoms with E-state index in [4.69, 9.17) is 9.47 Å². The average molecular weight is 767 g/mol. The summed E-state index contributed by atoms with van der Waals surface area (Å²) in [6, 6.07) is 18.9. The highest BCUT2D eigenvalue weighted by molar-refractivity contribution is 9.10. The zero-order valence-corrected chi connectivity index (χ0v) is 31.8. The Bertz CT molecular complexity index is 1730. The molecule has 0 saturated carbocycles. The summed E-state index contributed by atoms with van der Waals surface area (Å²) in [5, 5.41) is 22.6. The number of rotatable bonds is 13. The molecule has 4 N–H and O–H groups in total. The lowest BCUT2D eigenvalue weighted by atomic mass is 9.82. The summed E-state index contributed by atoms with van der Waals surface area (Å²) in [5.74, 6) is 0.161. The Morgan fingerprint density at radius 1 is 1.04 bits per heavy atom. The number of hydrogen-bond acceptors (Lipinski definition) is 8. The van der Waals surface area contributed by atoms with Crippen LogP contribution in [0.2, 0.25) is 18.6 Å². The molecule has 3 aliphatic heterocycles. The van der Waals surface area contributed by atoms with E-state index < -0.39 is 26.1 Å². The number of ether oxygens (including phenoxy) is 2. The lowest BCUT2D eigenvalue weighted by molar-refractivity contribution is -0.146. The fourth-order valence-corrected chi connectivity index (χ4v) is 11.3. The highest BCUT2D eigenvalue weighted by Crippen LogP contribution is 2.60. The molecule has 6 rings (SSSR count). The van der Waals surface area contributed by atoms with E-state index in [0.717, 1.165) is 44.7 Å². The van der Waals surface area contributed by atoms with Crippen LogP contribution in [-0.2, 0) is 32.9 Å². The zero-order valence-electron chi connectivity index (χ0n) is 29.2. The number of unbranched alkanes of at least 4 members (excludes halogenated alkanes) is 1. The quantitative estimate of drug-likeness (QED) is 0.132. The summed E-state index contributed by atoms with van der Waals surface area (Å²) in [7, 11) is -2.81. The first-order valence-electron chi connectivity index (χ1n) is 17.6. The molecule has 0 aliphatic carbocycles. The van der Waals surface area contributed by atoms with Crippen LogP contribution in [0.4, 0.5) is 17.1 Å². The Morgan fingerprint density at radius 3 is 2.54 bits per heavy atom. The number of hydrogen-bond donors (Lipinski definition) is 4. The van der Waals surface area contributed by atoms with Crippen LogP contribution >= 0.6 is 15.9 Å². The lowest BCUT2D eigenvalue weighted by Crippen LogP contribution is -2.49. The molecule has 0 radical (unpaired) electrons. The Balaban J connectivity index is 1.35. The van der Waals surface area contributed by atoms with Gasteiger partial charge < -0.3 is 34.7 Å². The Labute approximate surface area is 303 Å². The van der Waals surface area contributed by atoms with Gasteiger partial charge in [0, 0.05) is 40.4 Å². The van der Waals surface area contributed by atoms with E-state index in [1.54, 1.807) is 9.80 Å². The monoisotopic (exact) mass is 765 g/mol. The van der Waals surface area contributed by atoms with Gasteiger partial charge in [0.05, 0.1) is 36.7 Å². The van der Waals surface area contributed by atoms with Gasteiger partial charge in [-0.15, -0.1) is 0 Å². The van der Waals surface area contributed by atoms with Crippen molar-refractivity contribution in [1.82, 2.24) is 5.32 Å². The third kappa shape index (κ3) is 6.67. The van der Waals surface area contributed by atoms with Crippen LogP contribution in [0, 0.1) is 5.92 Å². The van der Waals surface area contributed by atoms with Gasteiger partial charge in [-0.1, -0.05) is 35.0 Å². The summed E-state index contributed by atoms with van der Waals surface area (Å²) >= 11 is 3.61. The number of amides is 2. The second kappa shape index (κ2) is 14.9. The van der Waals surface area contributed by atoms with E-state index in [1.807, 2.05) is 87.6 Å². The Morgan fingerprint density at radius 2 is 1.82 bits per heavy atom. The minimum Gasteiger partial charge on any atom is -0.494 e. The molecule has 0 bridgehead atoms. The molecule has 1 unspecified atom stereocenters. The Kier molecular flexibility index (Phi) is 10.9. The minimum atomic E-state index is -2.81. The molecule has 3 aromatic carbocycles. The number of aliphatic hydroxyl groups is 2. The third-order valence-corrected chi connectivity index (χ3v) is 13.4.